The molecule has 3 heterocycles. The lowest BCUT2D eigenvalue weighted by Gasteiger charge is -2.29. The van der Waals surface area contributed by atoms with Crippen molar-refractivity contribution in [2.24, 2.45) is 13.0 Å². The Labute approximate surface area is 179 Å². The minimum absolute atomic E-state index is 0.122. The number of hydrogen-bond acceptors (Lipinski definition) is 6. The van der Waals surface area contributed by atoms with Crippen molar-refractivity contribution in [1.82, 2.24) is 24.6 Å². The SMILES string of the molecule is CCC(C)CN(CCCN1CCOCC1)c1nc2c(C(C)(C)C)nn(C)c2c(=O)[nH]1. The maximum absolute atomic E-state index is 12.9. The highest BCUT2D eigenvalue weighted by atomic mass is 16.5. The van der Waals surface area contributed by atoms with Gasteiger partial charge in [0, 0.05) is 45.2 Å². The summed E-state index contributed by atoms with van der Waals surface area (Å²) >= 11 is 0. The Morgan fingerprint density at radius 2 is 1.97 bits per heavy atom. The number of aromatic amines is 1. The Bertz CT molecular complexity index is 891. The molecular weight excluding hydrogens is 380 g/mol. The zero-order valence-electron chi connectivity index (χ0n) is 19.5. The van der Waals surface area contributed by atoms with Crippen molar-refractivity contribution in [2.45, 2.75) is 52.9 Å². The second-order valence-corrected chi connectivity index (χ2v) is 9.58. The number of nitrogens with one attached hydrogen (secondary N) is 1. The molecule has 8 nitrogen and oxygen atoms in total. The van der Waals surface area contributed by atoms with Crippen molar-refractivity contribution in [3.8, 4) is 0 Å². The molecule has 0 spiro atoms. The van der Waals surface area contributed by atoms with Crippen molar-refractivity contribution in [2.75, 3.05) is 50.8 Å². The number of nitrogens with zero attached hydrogens (tertiary/aromatic N) is 5. The second-order valence-electron chi connectivity index (χ2n) is 9.58. The largest absolute Gasteiger partial charge is 0.379 e. The molecule has 1 saturated heterocycles. The lowest BCUT2D eigenvalue weighted by atomic mass is 9.91. The molecule has 0 saturated carbocycles. The number of hydrogen-bond donors (Lipinski definition) is 1. The quantitative estimate of drug-likeness (QED) is 0.710. The van der Waals surface area contributed by atoms with Crippen molar-refractivity contribution in [3.05, 3.63) is 16.0 Å². The van der Waals surface area contributed by atoms with Gasteiger partial charge in [-0.1, -0.05) is 41.0 Å². The van der Waals surface area contributed by atoms with E-state index in [2.05, 4.69) is 54.5 Å². The monoisotopic (exact) mass is 418 g/mol. The predicted molar refractivity (Wildman–Crippen MR) is 121 cm³/mol. The lowest BCUT2D eigenvalue weighted by molar-refractivity contribution is 0.0376. The van der Waals surface area contributed by atoms with Crippen LogP contribution in [0.1, 0.15) is 53.2 Å². The molecule has 2 aromatic heterocycles. The van der Waals surface area contributed by atoms with Gasteiger partial charge in [0.15, 0.2) is 5.52 Å². The van der Waals surface area contributed by atoms with Gasteiger partial charge >= 0.3 is 0 Å². The fourth-order valence-electron chi connectivity index (χ4n) is 3.92. The van der Waals surface area contributed by atoms with Crippen LogP contribution in [-0.4, -0.2) is 70.6 Å². The van der Waals surface area contributed by atoms with Crippen molar-refractivity contribution in [3.63, 3.8) is 0 Å². The summed E-state index contributed by atoms with van der Waals surface area (Å²) < 4.78 is 7.10. The van der Waals surface area contributed by atoms with Gasteiger partial charge in [0.05, 0.1) is 18.9 Å². The van der Waals surface area contributed by atoms with Crippen LogP contribution in [0, 0.1) is 5.92 Å². The van der Waals surface area contributed by atoms with Gasteiger partial charge in [-0.15, -0.1) is 0 Å². The normalized spacial score (nSPS) is 16.9. The molecule has 0 bridgehead atoms. The summed E-state index contributed by atoms with van der Waals surface area (Å²) in [5.74, 6) is 1.18. The van der Waals surface area contributed by atoms with E-state index in [1.807, 2.05) is 7.05 Å². The first kappa shape index (κ1) is 22.7. The summed E-state index contributed by atoms with van der Waals surface area (Å²) in [4.78, 5) is 25.6. The first-order valence-electron chi connectivity index (χ1n) is 11.2. The Morgan fingerprint density at radius 3 is 2.60 bits per heavy atom. The fraction of sp³-hybridized carbons (Fsp3) is 0.773. The van der Waals surface area contributed by atoms with Crippen LogP contribution in [0.25, 0.3) is 11.0 Å². The Kier molecular flexibility index (Phi) is 7.18. The highest BCUT2D eigenvalue weighted by Gasteiger charge is 2.26. The molecule has 2 aromatic rings. The Balaban J connectivity index is 1.88. The average Bonchev–Trinajstić information content (AvgIpc) is 3.05. The average molecular weight is 419 g/mol. The van der Waals surface area contributed by atoms with Gasteiger partial charge in [0.1, 0.15) is 5.52 Å². The first-order valence-corrected chi connectivity index (χ1v) is 11.2. The fourth-order valence-corrected chi connectivity index (χ4v) is 3.92. The van der Waals surface area contributed by atoms with E-state index in [0.717, 1.165) is 64.5 Å². The van der Waals surface area contributed by atoms with E-state index in [1.165, 1.54) is 0 Å². The molecule has 1 unspecified atom stereocenters. The number of morpholine rings is 1. The van der Waals surface area contributed by atoms with Gasteiger partial charge in [-0.2, -0.15) is 5.10 Å². The van der Waals surface area contributed by atoms with E-state index in [4.69, 9.17) is 9.72 Å². The Morgan fingerprint density at radius 1 is 1.27 bits per heavy atom. The van der Waals surface area contributed by atoms with Crippen LogP contribution >= 0.6 is 0 Å². The smallest absolute Gasteiger partial charge is 0.278 e. The summed E-state index contributed by atoms with van der Waals surface area (Å²) in [6.07, 6.45) is 2.12. The minimum Gasteiger partial charge on any atom is -0.379 e. The third kappa shape index (κ3) is 5.21. The summed E-state index contributed by atoms with van der Waals surface area (Å²) in [6, 6.07) is 0. The van der Waals surface area contributed by atoms with Crippen LogP contribution in [0.4, 0.5) is 5.95 Å². The number of rotatable bonds is 8. The van der Waals surface area contributed by atoms with Gasteiger partial charge in [-0.25, -0.2) is 4.98 Å². The highest BCUT2D eigenvalue weighted by Crippen LogP contribution is 2.27. The summed E-state index contributed by atoms with van der Waals surface area (Å²) in [7, 11) is 1.81. The molecule has 0 amide bonds. The molecule has 1 aliphatic rings. The number of fused-ring (bicyclic) bond motifs is 1. The van der Waals surface area contributed by atoms with E-state index < -0.39 is 0 Å². The molecule has 1 atom stereocenters. The van der Waals surface area contributed by atoms with Crippen LogP contribution in [0.5, 0.6) is 0 Å². The van der Waals surface area contributed by atoms with Crippen molar-refractivity contribution in [1.29, 1.82) is 0 Å². The van der Waals surface area contributed by atoms with Crippen molar-refractivity contribution >= 4 is 17.0 Å². The summed E-state index contributed by atoms with van der Waals surface area (Å²) in [5, 5.41) is 4.62. The second kappa shape index (κ2) is 9.47. The lowest BCUT2D eigenvalue weighted by Crippen LogP contribution is -2.39. The maximum atomic E-state index is 12.9. The summed E-state index contributed by atoms with van der Waals surface area (Å²) in [6.45, 7) is 17.2. The third-order valence-electron chi connectivity index (χ3n) is 5.93. The zero-order valence-corrected chi connectivity index (χ0v) is 19.5. The molecule has 30 heavy (non-hydrogen) atoms. The molecule has 8 heteroatoms. The van der Waals surface area contributed by atoms with Gasteiger partial charge in [-0.05, 0) is 12.3 Å². The van der Waals surface area contributed by atoms with E-state index in [-0.39, 0.29) is 11.0 Å². The number of aryl methyl sites for hydroxylation is 1. The molecule has 0 radical (unpaired) electrons. The van der Waals surface area contributed by atoms with Gasteiger partial charge in [0.2, 0.25) is 5.95 Å². The zero-order chi connectivity index (χ0) is 21.9. The molecular formula is C22H38N6O2. The van der Waals surface area contributed by atoms with Crippen LogP contribution in [0.15, 0.2) is 4.79 Å². The van der Waals surface area contributed by atoms with Gasteiger partial charge < -0.3 is 9.64 Å². The van der Waals surface area contributed by atoms with E-state index in [1.54, 1.807) is 4.68 Å². The minimum atomic E-state index is -0.185. The molecule has 1 aliphatic heterocycles. The highest BCUT2D eigenvalue weighted by molar-refractivity contribution is 5.78. The van der Waals surface area contributed by atoms with E-state index in [9.17, 15) is 4.79 Å². The molecule has 1 fully saturated rings. The molecule has 0 aromatic carbocycles. The summed E-state index contributed by atoms with van der Waals surface area (Å²) in [5.41, 5.74) is 1.81. The maximum Gasteiger partial charge on any atom is 0.278 e. The van der Waals surface area contributed by atoms with Crippen LogP contribution in [-0.2, 0) is 17.2 Å². The number of anilines is 1. The Hall–Kier alpha value is -1.93. The molecule has 3 rings (SSSR count). The van der Waals surface area contributed by atoms with Crippen LogP contribution in [0.3, 0.4) is 0 Å². The topological polar surface area (TPSA) is 79.3 Å². The number of ether oxygens (including phenoxy) is 1. The van der Waals surface area contributed by atoms with Gasteiger partial charge in [0.25, 0.3) is 5.56 Å². The predicted octanol–water partition coefficient (Wildman–Crippen LogP) is 2.53. The van der Waals surface area contributed by atoms with Crippen LogP contribution < -0.4 is 10.5 Å². The molecule has 1 N–H and O–H groups in total. The molecule has 168 valence electrons. The first-order chi connectivity index (χ1) is 14.2. The standard InChI is InChI=1S/C22H38N6O2/c1-7-16(2)15-28(10-8-9-27-11-13-30-14-12-27)21-23-17-18(20(29)24-21)26(6)25-19(17)22(3,4)5/h16H,7-15H2,1-6H3,(H,23,24,29). The van der Waals surface area contributed by atoms with E-state index in [0.29, 0.717) is 22.9 Å². The van der Waals surface area contributed by atoms with Crippen molar-refractivity contribution < 1.29 is 4.74 Å². The van der Waals surface area contributed by atoms with Crippen LogP contribution in [0.2, 0.25) is 0 Å². The number of aromatic nitrogens is 4. The van der Waals surface area contributed by atoms with E-state index >= 15 is 0 Å². The molecule has 0 aliphatic carbocycles. The van der Waals surface area contributed by atoms with Gasteiger partial charge in [-0.3, -0.25) is 19.4 Å². The number of H-pyrrole nitrogens is 1. The third-order valence-corrected chi connectivity index (χ3v) is 5.93.